The van der Waals surface area contributed by atoms with Gasteiger partial charge in [0.1, 0.15) is 11.6 Å². The van der Waals surface area contributed by atoms with E-state index in [4.69, 9.17) is 22.1 Å². The predicted octanol–water partition coefficient (Wildman–Crippen LogP) is 3.47. The maximum absolute atomic E-state index is 6.18. The van der Waals surface area contributed by atoms with Gasteiger partial charge in [0.2, 0.25) is 0 Å². The van der Waals surface area contributed by atoms with Gasteiger partial charge in [0, 0.05) is 17.3 Å². The lowest BCUT2D eigenvalue weighted by Gasteiger charge is -2.01. The number of H-pyrrole nitrogens is 1. The topological polar surface area (TPSA) is 63.9 Å². The Bertz CT molecular complexity index is 752. The third kappa shape index (κ3) is 2.11. The van der Waals surface area contributed by atoms with Crippen LogP contribution in [0, 0.1) is 0 Å². The largest absolute Gasteiger partial charge is 0.497 e. The summed E-state index contributed by atoms with van der Waals surface area (Å²) >= 11 is 6.18. The molecule has 0 aliphatic carbocycles. The average Bonchev–Trinajstić information content (AvgIpc) is 2.83. The molecule has 0 radical (unpaired) electrons. The van der Waals surface area contributed by atoms with Gasteiger partial charge < -0.3 is 15.5 Å². The highest BCUT2D eigenvalue weighted by Crippen LogP contribution is 2.30. The summed E-state index contributed by atoms with van der Waals surface area (Å²) in [5, 5.41) is 0.611. The smallest absolute Gasteiger partial charge is 0.140 e. The molecule has 0 aliphatic rings. The van der Waals surface area contributed by atoms with Gasteiger partial charge in [0.15, 0.2) is 0 Å². The molecule has 2 aromatic carbocycles. The molecule has 0 spiro atoms. The van der Waals surface area contributed by atoms with Crippen LogP contribution < -0.4 is 10.5 Å². The Labute approximate surface area is 115 Å². The van der Waals surface area contributed by atoms with Crippen LogP contribution in [0.1, 0.15) is 0 Å². The zero-order chi connectivity index (χ0) is 13.4. The number of halogens is 1. The van der Waals surface area contributed by atoms with Crippen molar-refractivity contribution in [3.8, 4) is 17.1 Å². The van der Waals surface area contributed by atoms with Gasteiger partial charge in [-0.1, -0.05) is 11.6 Å². The van der Waals surface area contributed by atoms with E-state index in [-0.39, 0.29) is 0 Å². The highest BCUT2D eigenvalue weighted by Gasteiger charge is 2.10. The molecular weight excluding hydrogens is 262 g/mol. The first-order valence-corrected chi connectivity index (χ1v) is 6.14. The van der Waals surface area contributed by atoms with Crippen LogP contribution in [0.25, 0.3) is 22.4 Å². The van der Waals surface area contributed by atoms with E-state index in [0.717, 1.165) is 22.3 Å². The number of ether oxygens (including phenoxy) is 1. The van der Waals surface area contributed by atoms with Gasteiger partial charge in [-0.25, -0.2) is 4.98 Å². The van der Waals surface area contributed by atoms with Crippen molar-refractivity contribution in [2.45, 2.75) is 0 Å². The molecule has 1 aromatic heterocycles. The third-order valence-electron chi connectivity index (χ3n) is 2.93. The maximum atomic E-state index is 6.18. The first-order valence-electron chi connectivity index (χ1n) is 5.76. The van der Waals surface area contributed by atoms with Crippen molar-refractivity contribution in [1.82, 2.24) is 9.97 Å². The minimum absolute atomic E-state index is 0.611. The second-order valence-corrected chi connectivity index (χ2v) is 4.61. The van der Waals surface area contributed by atoms with Gasteiger partial charge in [-0.15, -0.1) is 0 Å². The van der Waals surface area contributed by atoms with E-state index in [9.17, 15) is 0 Å². The number of fused-ring (bicyclic) bond motifs is 1. The number of methoxy groups -OCH3 is 1. The summed E-state index contributed by atoms with van der Waals surface area (Å²) < 4.78 is 5.19. The number of rotatable bonds is 2. The van der Waals surface area contributed by atoms with Crippen molar-refractivity contribution in [3.05, 3.63) is 41.4 Å². The normalized spacial score (nSPS) is 10.8. The second kappa shape index (κ2) is 4.48. The number of nitrogens with one attached hydrogen (secondary N) is 1. The highest BCUT2D eigenvalue weighted by atomic mass is 35.5. The molecule has 0 saturated carbocycles. The lowest BCUT2D eigenvalue weighted by atomic mass is 10.2. The summed E-state index contributed by atoms with van der Waals surface area (Å²) in [4.78, 5) is 7.73. The minimum atomic E-state index is 0.611. The predicted molar refractivity (Wildman–Crippen MR) is 77.5 cm³/mol. The van der Waals surface area contributed by atoms with Crippen LogP contribution in [-0.4, -0.2) is 17.1 Å². The summed E-state index contributed by atoms with van der Waals surface area (Å²) in [6, 6.07) is 11.0. The summed E-state index contributed by atoms with van der Waals surface area (Å²) in [5.41, 5.74) is 8.98. The van der Waals surface area contributed by atoms with Gasteiger partial charge in [0.25, 0.3) is 0 Å². The zero-order valence-corrected chi connectivity index (χ0v) is 11.0. The Balaban J connectivity index is 2.17. The Morgan fingerprint density at radius 2 is 2.05 bits per heavy atom. The Morgan fingerprint density at radius 1 is 1.21 bits per heavy atom. The SMILES string of the molecule is COc1ccc2nc(-c3cc(N)ccc3Cl)[nH]c2c1. The molecule has 3 N–H and O–H groups in total. The Morgan fingerprint density at radius 3 is 2.84 bits per heavy atom. The lowest BCUT2D eigenvalue weighted by molar-refractivity contribution is 0.415. The molecule has 4 nitrogen and oxygen atoms in total. The van der Waals surface area contributed by atoms with E-state index in [1.807, 2.05) is 18.2 Å². The van der Waals surface area contributed by atoms with Gasteiger partial charge in [-0.2, -0.15) is 0 Å². The molecule has 0 bridgehead atoms. The molecule has 0 unspecified atom stereocenters. The number of aromatic amines is 1. The molecule has 0 atom stereocenters. The molecule has 96 valence electrons. The summed E-state index contributed by atoms with van der Waals surface area (Å²) in [7, 11) is 1.63. The molecule has 0 fully saturated rings. The van der Waals surface area contributed by atoms with Crippen LogP contribution >= 0.6 is 11.6 Å². The number of nitrogens with two attached hydrogens (primary N) is 1. The van der Waals surface area contributed by atoms with E-state index in [1.165, 1.54) is 0 Å². The van der Waals surface area contributed by atoms with Gasteiger partial charge >= 0.3 is 0 Å². The third-order valence-corrected chi connectivity index (χ3v) is 3.26. The number of imidazole rings is 1. The Hall–Kier alpha value is -2.20. The molecule has 19 heavy (non-hydrogen) atoms. The summed E-state index contributed by atoms with van der Waals surface area (Å²) in [6.45, 7) is 0. The van der Waals surface area contributed by atoms with E-state index < -0.39 is 0 Å². The number of hydrogen-bond acceptors (Lipinski definition) is 3. The van der Waals surface area contributed by atoms with Gasteiger partial charge in [-0.3, -0.25) is 0 Å². The van der Waals surface area contributed by atoms with Gasteiger partial charge in [0.05, 0.1) is 23.2 Å². The first kappa shape index (κ1) is 11.9. The van der Waals surface area contributed by atoms with E-state index in [2.05, 4.69) is 9.97 Å². The quantitative estimate of drug-likeness (QED) is 0.703. The summed E-state index contributed by atoms with van der Waals surface area (Å²) in [6.07, 6.45) is 0. The van der Waals surface area contributed by atoms with Crippen molar-refractivity contribution < 1.29 is 4.74 Å². The Kier molecular flexibility index (Phi) is 2.80. The van der Waals surface area contributed by atoms with Crippen molar-refractivity contribution in [3.63, 3.8) is 0 Å². The van der Waals surface area contributed by atoms with Crippen LogP contribution in [0.15, 0.2) is 36.4 Å². The van der Waals surface area contributed by atoms with Crippen LogP contribution in [0.2, 0.25) is 5.02 Å². The fraction of sp³-hybridized carbons (Fsp3) is 0.0714. The van der Waals surface area contributed by atoms with Gasteiger partial charge in [-0.05, 0) is 30.3 Å². The molecular formula is C14H12ClN3O. The maximum Gasteiger partial charge on any atom is 0.140 e. The number of anilines is 1. The fourth-order valence-corrected chi connectivity index (χ4v) is 2.17. The van der Waals surface area contributed by atoms with Crippen molar-refractivity contribution >= 4 is 28.3 Å². The van der Waals surface area contributed by atoms with Crippen molar-refractivity contribution in [2.75, 3.05) is 12.8 Å². The molecule has 3 aromatic rings. The number of nitrogen functional groups attached to an aromatic ring is 1. The monoisotopic (exact) mass is 273 g/mol. The first-order chi connectivity index (χ1) is 9.17. The standard InChI is InChI=1S/C14H12ClN3O/c1-19-9-3-5-12-13(7-9)18-14(17-12)10-6-8(16)2-4-11(10)15/h2-7H,16H2,1H3,(H,17,18). The number of hydrogen-bond donors (Lipinski definition) is 2. The average molecular weight is 274 g/mol. The molecule has 1 heterocycles. The summed E-state index contributed by atoms with van der Waals surface area (Å²) in [5.74, 6) is 1.47. The molecule has 0 saturated heterocycles. The molecule has 0 aliphatic heterocycles. The van der Waals surface area contributed by atoms with Crippen LogP contribution in [-0.2, 0) is 0 Å². The van der Waals surface area contributed by atoms with E-state index in [1.54, 1.807) is 25.3 Å². The molecule has 0 amide bonds. The molecule has 5 heteroatoms. The van der Waals surface area contributed by atoms with E-state index in [0.29, 0.717) is 16.5 Å². The number of benzene rings is 2. The zero-order valence-electron chi connectivity index (χ0n) is 10.3. The van der Waals surface area contributed by atoms with E-state index >= 15 is 0 Å². The lowest BCUT2D eigenvalue weighted by Crippen LogP contribution is -1.87. The molecule has 3 rings (SSSR count). The highest BCUT2D eigenvalue weighted by molar-refractivity contribution is 6.33. The number of aromatic nitrogens is 2. The fourth-order valence-electron chi connectivity index (χ4n) is 1.97. The van der Waals surface area contributed by atoms with Crippen molar-refractivity contribution in [2.24, 2.45) is 0 Å². The van der Waals surface area contributed by atoms with Crippen LogP contribution in [0.5, 0.6) is 5.75 Å². The van der Waals surface area contributed by atoms with Crippen LogP contribution in [0.4, 0.5) is 5.69 Å². The van der Waals surface area contributed by atoms with Crippen molar-refractivity contribution in [1.29, 1.82) is 0 Å². The minimum Gasteiger partial charge on any atom is -0.497 e. The number of nitrogens with zero attached hydrogens (tertiary/aromatic N) is 1. The van der Waals surface area contributed by atoms with Crippen LogP contribution in [0.3, 0.4) is 0 Å². The second-order valence-electron chi connectivity index (χ2n) is 4.21.